The molecule has 0 aliphatic heterocycles. The Morgan fingerprint density at radius 1 is 1.29 bits per heavy atom. The van der Waals surface area contributed by atoms with Gasteiger partial charge >= 0.3 is 0 Å². The predicted molar refractivity (Wildman–Crippen MR) is 71.5 cm³/mol. The van der Waals surface area contributed by atoms with Crippen LogP contribution in [0.3, 0.4) is 0 Å². The zero-order chi connectivity index (χ0) is 12.7. The minimum atomic E-state index is 0.274. The van der Waals surface area contributed by atoms with Crippen molar-refractivity contribution in [2.45, 2.75) is 25.8 Å². The molecule has 0 amide bonds. The topological polar surface area (TPSA) is 36.4 Å². The average molecular weight is 277 g/mol. The van der Waals surface area contributed by atoms with Gasteiger partial charge in [-0.2, -0.15) is 0 Å². The number of aromatic nitrogens is 1. The van der Waals surface area contributed by atoms with Gasteiger partial charge in [-0.1, -0.05) is 23.2 Å². The van der Waals surface area contributed by atoms with Crippen LogP contribution in [0.1, 0.15) is 24.8 Å². The van der Waals surface area contributed by atoms with Crippen molar-refractivity contribution in [3.8, 4) is 0 Å². The summed E-state index contributed by atoms with van der Waals surface area (Å²) in [7, 11) is 2.05. The molecular weight excluding hydrogens is 259 g/mol. The van der Waals surface area contributed by atoms with E-state index in [1.54, 1.807) is 12.3 Å². The van der Waals surface area contributed by atoms with Crippen LogP contribution < -0.4 is 0 Å². The van der Waals surface area contributed by atoms with Crippen molar-refractivity contribution in [2.24, 2.45) is 0 Å². The molecule has 0 bridgehead atoms. The third-order valence-corrected chi connectivity index (χ3v) is 3.09. The van der Waals surface area contributed by atoms with Crippen LogP contribution in [0.2, 0.25) is 10.2 Å². The zero-order valence-corrected chi connectivity index (χ0v) is 11.5. The number of rotatable bonds is 7. The lowest BCUT2D eigenvalue weighted by Crippen LogP contribution is -2.19. The number of pyridine rings is 1. The molecule has 1 aromatic heterocycles. The Bertz CT molecular complexity index is 347. The van der Waals surface area contributed by atoms with E-state index < -0.39 is 0 Å². The molecule has 1 rings (SSSR count). The van der Waals surface area contributed by atoms with Crippen molar-refractivity contribution in [2.75, 3.05) is 20.2 Å². The first-order valence-corrected chi connectivity index (χ1v) is 6.48. The largest absolute Gasteiger partial charge is 0.396 e. The molecule has 5 heteroatoms. The van der Waals surface area contributed by atoms with Crippen LogP contribution in [-0.2, 0) is 6.54 Å². The average Bonchev–Trinajstić information content (AvgIpc) is 2.28. The van der Waals surface area contributed by atoms with E-state index in [4.69, 9.17) is 28.3 Å². The molecule has 17 heavy (non-hydrogen) atoms. The van der Waals surface area contributed by atoms with E-state index in [1.807, 2.05) is 7.05 Å². The van der Waals surface area contributed by atoms with Gasteiger partial charge in [-0.25, -0.2) is 4.98 Å². The molecule has 0 aliphatic rings. The van der Waals surface area contributed by atoms with Gasteiger partial charge in [-0.05, 0) is 38.9 Å². The standard InChI is InChI=1S/C12H18Cl2N2O/c1-16(5-3-2-4-6-17)9-10-8-15-12(14)7-11(10)13/h7-8,17H,2-6,9H2,1H3. The lowest BCUT2D eigenvalue weighted by molar-refractivity contribution is 0.271. The minimum absolute atomic E-state index is 0.274. The van der Waals surface area contributed by atoms with Crippen molar-refractivity contribution < 1.29 is 5.11 Å². The van der Waals surface area contributed by atoms with E-state index in [2.05, 4.69) is 9.88 Å². The molecule has 0 saturated heterocycles. The van der Waals surface area contributed by atoms with Crippen LogP contribution in [0.5, 0.6) is 0 Å². The molecule has 0 aromatic carbocycles. The summed E-state index contributed by atoms with van der Waals surface area (Å²) in [5.74, 6) is 0. The third-order valence-electron chi connectivity index (χ3n) is 2.53. The quantitative estimate of drug-likeness (QED) is 0.615. The molecule has 0 atom stereocenters. The Hall–Kier alpha value is -0.350. The Morgan fingerprint density at radius 2 is 2.06 bits per heavy atom. The lowest BCUT2D eigenvalue weighted by Gasteiger charge is -2.17. The highest BCUT2D eigenvalue weighted by molar-refractivity contribution is 6.34. The minimum Gasteiger partial charge on any atom is -0.396 e. The van der Waals surface area contributed by atoms with Crippen LogP contribution in [0, 0.1) is 0 Å². The van der Waals surface area contributed by atoms with E-state index in [0.717, 1.165) is 37.9 Å². The van der Waals surface area contributed by atoms with Crippen LogP contribution in [0.25, 0.3) is 0 Å². The van der Waals surface area contributed by atoms with Crippen molar-refractivity contribution >= 4 is 23.2 Å². The van der Waals surface area contributed by atoms with Crippen molar-refractivity contribution in [1.29, 1.82) is 0 Å². The van der Waals surface area contributed by atoms with Gasteiger partial charge in [0.2, 0.25) is 0 Å². The van der Waals surface area contributed by atoms with Crippen molar-refractivity contribution in [1.82, 2.24) is 9.88 Å². The maximum atomic E-state index is 8.68. The molecule has 96 valence electrons. The van der Waals surface area contributed by atoms with Gasteiger partial charge in [0.25, 0.3) is 0 Å². The summed E-state index contributed by atoms with van der Waals surface area (Å²) >= 11 is 11.8. The summed E-state index contributed by atoms with van der Waals surface area (Å²) in [4.78, 5) is 6.21. The van der Waals surface area contributed by atoms with E-state index in [9.17, 15) is 0 Å². The number of aliphatic hydroxyl groups excluding tert-OH is 1. The summed E-state index contributed by atoms with van der Waals surface area (Å²) < 4.78 is 0. The van der Waals surface area contributed by atoms with E-state index in [0.29, 0.717) is 10.2 Å². The lowest BCUT2D eigenvalue weighted by atomic mass is 10.2. The fraction of sp³-hybridized carbons (Fsp3) is 0.583. The second-order valence-corrected chi connectivity index (χ2v) is 4.91. The maximum Gasteiger partial charge on any atom is 0.130 e. The Balaban J connectivity index is 2.37. The van der Waals surface area contributed by atoms with Gasteiger partial charge in [0.1, 0.15) is 5.15 Å². The van der Waals surface area contributed by atoms with Gasteiger partial charge in [0.05, 0.1) is 0 Å². The Kier molecular flexibility index (Phi) is 6.82. The monoisotopic (exact) mass is 276 g/mol. The highest BCUT2D eigenvalue weighted by atomic mass is 35.5. The number of nitrogens with zero attached hydrogens (tertiary/aromatic N) is 2. The normalized spacial score (nSPS) is 11.1. The maximum absolute atomic E-state index is 8.68. The molecular formula is C12H18Cl2N2O. The van der Waals surface area contributed by atoms with Crippen molar-refractivity contribution in [3.05, 3.63) is 28.0 Å². The highest BCUT2D eigenvalue weighted by Gasteiger charge is 2.05. The Labute approximate surface area is 112 Å². The van der Waals surface area contributed by atoms with E-state index >= 15 is 0 Å². The summed E-state index contributed by atoms with van der Waals surface area (Å²) in [6.45, 7) is 2.03. The predicted octanol–water partition coefficient (Wildman–Crippen LogP) is 2.98. The molecule has 0 aliphatic carbocycles. The molecule has 0 fully saturated rings. The molecule has 0 saturated carbocycles. The second kappa shape index (κ2) is 7.88. The first kappa shape index (κ1) is 14.7. The van der Waals surface area contributed by atoms with Crippen LogP contribution >= 0.6 is 23.2 Å². The summed E-state index contributed by atoms with van der Waals surface area (Å²) in [5, 5.41) is 9.76. The van der Waals surface area contributed by atoms with Gasteiger partial charge < -0.3 is 10.0 Å². The zero-order valence-electron chi connectivity index (χ0n) is 9.99. The van der Waals surface area contributed by atoms with E-state index in [-0.39, 0.29) is 6.61 Å². The fourth-order valence-electron chi connectivity index (χ4n) is 1.59. The van der Waals surface area contributed by atoms with Gasteiger partial charge in [0.15, 0.2) is 0 Å². The number of hydrogen-bond acceptors (Lipinski definition) is 3. The molecule has 3 nitrogen and oxygen atoms in total. The molecule has 0 radical (unpaired) electrons. The number of hydrogen-bond donors (Lipinski definition) is 1. The summed E-state index contributed by atoms with van der Waals surface area (Å²) in [6.07, 6.45) is 4.72. The molecule has 1 aromatic rings. The van der Waals surface area contributed by atoms with Gasteiger partial charge in [-0.3, -0.25) is 0 Å². The Morgan fingerprint density at radius 3 is 2.71 bits per heavy atom. The highest BCUT2D eigenvalue weighted by Crippen LogP contribution is 2.19. The van der Waals surface area contributed by atoms with Crippen LogP contribution in [0.4, 0.5) is 0 Å². The number of unbranched alkanes of at least 4 members (excludes halogenated alkanes) is 2. The first-order valence-electron chi connectivity index (χ1n) is 5.73. The first-order chi connectivity index (χ1) is 8.13. The van der Waals surface area contributed by atoms with E-state index in [1.165, 1.54) is 0 Å². The number of aliphatic hydroxyl groups is 1. The molecule has 0 unspecified atom stereocenters. The second-order valence-electron chi connectivity index (χ2n) is 4.12. The van der Waals surface area contributed by atoms with Gasteiger partial charge in [0, 0.05) is 29.9 Å². The third kappa shape index (κ3) is 5.68. The van der Waals surface area contributed by atoms with Crippen LogP contribution in [0.15, 0.2) is 12.3 Å². The fourth-order valence-corrected chi connectivity index (χ4v) is 2.02. The smallest absolute Gasteiger partial charge is 0.130 e. The van der Waals surface area contributed by atoms with Crippen LogP contribution in [-0.4, -0.2) is 35.2 Å². The van der Waals surface area contributed by atoms with Crippen molar-refractivity contribution in [3.63, 3.8) is 0 Å². The molecule has 1 N–H and O–H groups in total. The molecule has 0 spiro atoms. The molecule has 1 heterocycles. The summed E-state index contributed by atoms with van der Waals surface area (Å²) in [5.41, 5.74) is 0.987. The SMILES string of the molecule is CN(CCCCCO)Cc1cnc(Cl)cc1Cl. The summed E-state index contributed by atoms with van der Waals surface area (Å²) in [6, 6.07) is 1.66. The van der Waals surface area contributed by atoms with Gasteiger partial charge in [-0.15, -0.1) is 0 Å². The number of halogens is 2.